The van der Waals surface area contributed by atoms with Crippen LogP contribution in [0.2, 0.25) is 0 Å². The van der Waals surface area contributed by atoms with Crippen molar-refractivity contribution in [2.75, 3.05) is 0 Å². The SMILES string of the molecule is O=C=Nc1ccc(C(=O)O)cc1-c1cc(C(=O)O)ccc1N=C=O. The third kappa shape index (κ3) is 3.31. The maximum atomic E-state index is 11.2. The number of hydrogen-bond donors (Lipinski definition) is 2. The lowest BCUT2D eigenvalue weighted by atomic mass is 9.97. The van der Waals surface area contributed by atoms with Crippen LogP contribution in [0.25, 0.3) is 11.1 Å². The van der Waals surface area contributed by atoms with Gasteiger partial charge < -0.3 is 10.2 Å². The number of carbonyl (C=O) groups is 2. The second-order valence-corrected chi connectivity index (χ2v) is 4.48. The smallest absolute Gasteiger partial charge is 0.335 e. The van der Waals surface area contributed by atoms with Crippen LogP contribution in [0.3, 0.4) is 0 Å². The van der Waals surface area contributed by atoms with Crippen molar-refractivity contribution < 1.29 is 29.4 Å². The van der Waals surface area contributed by atoms with E-state index in [0.717, 1.165) is 0 Å². The predicted octanol–water partition coefficient (Wildman–Crippen LogP) is 2.68. The van der Waals surface area contributed by atoms with Crippen molar-refractivity contribution in [3.05, 3.63) is 47.5 Å². The molecule has 0 radical (unpaired) electrons. The molecule has 0 heterocycles. The Hall–Kier alpha value is -3.86. The summed E-state index contributed by atoms with van der Waals surface area (Å²) in [4.78, 5) is 50.4. The van der Waals surface area contributed by atoms with Crippen molar-refractivity contribution in [1.82, 2.24) is 0 Å². The van der Waals surface area contributed by atoms with E-state index in [1.807, 2.05) is 0 Å². The van der Waals surface area contributed by atoms with Crippen LogP contribution in [-0.4, -0.2) is 34.3 Å². The number of carboxylic acids is 2. The molecule has 0 fully saturated rings. The molecule has 2 N–H and O–H groups in total. The van der Waals surface area contributed by atoms with Crippen LogP contribution in [0, 0.1) is 0 Å². The molecule has 0 aromatic heterocycles. The van der Waals surface area contributed by atoms with Crippen LogP contribution in [0.1, 0.15) is 20.7 Å². The zero-order chi connectivity index (χ0) is 17.7. The summed E-state index contributed by atoms with van der Waals surface area (Å²) >= 11 is 0. The van der Waals surface area contributed by atoms with E-state index < -0.39 is 11.9 Å². The van der Waals surface area contributed by atoms with Gasteiger partial charge in [0.15, 0.2) is 0 Å². The Morgan fingerprint density at radius 3 is 1.42 bits per heavy atom. The van der Waals surface area contributed by atoms with Crippen molar-refractivity contribution in [3.8, 4) is 11.1 Å². The molecule has 0 amide bonds. The minimum Gasteiger partial charge on any atom is -0.478 e. The summed E-state index contributed by atoms with van der Waals surface area (Å²) in [5.41, 5.74) is 0.124. The Morgan fingerprint density at radius 2 is 1.12 bits per heavy atom. The number of hydrogen-bond acceptors (Lipinski definition) is 6. The van der Waals surface area contributed by atoms with Gasteiger partial charge in [-0.25, -0.2) is 19.2 Å². The van der Waals surface area contributed by atoms with Crippen LogP contribution in [0.4, 0.5) is 11.4 Å². The average Bonchev–Trinajstić information content (AvgIpc) is 2.56. The summed E-state index contributed by atoms with van der Waals surface area (Å²) in [5.74, 6) is -2.46. The average molecular weight is 324 g/mol. The molecule has 0 bridgehead atoms. The highest BCUT2D eigenvalue weighted by atomic mass is 16.4. The number of isocyanates is 2. The minimum absolute atomic E-state index is 0.0555. The van der Waals surface area contributed by atoms with Crippen LogP contribution in [0.5, 0.6) is 0 Å². The first-order valence-electron chi connectivity index (χ1n) is 6.38. The highest BCUT2D eigenvalue weighted by Crippen LogP contribution is 2.37. The van der Waals surface area contributed by atoms with Crippen molar-refractivity contribution in [3.63, 3.8) is 0 Å². The minimum atomic E-state index is -1.23. The zero-order valence-electron chi connectivity index (χ0n) is 11.9. The van der Waals surface area contributed by atoms with E-state index in [1.54, 1.807) is 0 Å². The number of aromatic carboxylic acids is 2. The van der Waals surface area contributed by atoms with Crippen molar-refractivity contribution >= 4 is 35.5 Å². The zero-order valence-corrected chi connectivity index (χ0v) is 11.9. The first kappa shape index (κ1) is 16.5. The molecule has 0 aliphatic carbocycles. The summed E-state index contributed by atoms with van der Waals surface area (Å²) in [7, 11) is 0. The van der Waals surface area contributed by atoms with Gasteiger partial charge in [0.1, 0.15) is 0 Å². The van der Waals surface area contributed by atoms with E-state index in [2.05, 4.69) is 9.98 Å². The Bertz CT molecular complexity index is 860. The van der Waals surface area contributed by atoms with E-state index in [-0.39, 0.29) is 33.6 Å². The standard InChI is InChI=1S/C16H8N2O6/c19-7-17-13-3-1-9(15(21)22)5-11(13)12-6-10(16(23)24)2-4-14(12)18-8-20/h1-6H,(H,21,22)(H,23,24). The first-order chi connectivity index (χ1) is 11.5. The fraction of sp³-hybridized carbons (Fsp3) is 0. The van der Waals surface area contributed by atoms with E-state index in [1.165, 1.54) is 48.6 Å². The fourth-order valence-electron chi connectivity index (χ4n) is 2.06. The van der Waals surface area contributed by atoms with Gasteiger partial charge in [-0.1, -0.05) is 0 Å². The normalized spacial score (nSPS) is 9.50. The first-order valence-corrected chi connectivity index (χ1v) is 6.38. The molecule has 0 saturated heterocycles. The van der Waals surface area contributed by atoms with Crippen LogP contribution in [-0.2, 0) is 9.59 Å². The van der Waals surface area contributed by atoms with Crippen molar-refractivity contribution in [2.24, 2.45) is 9.98 Å². The highest BCUT2D eigenvalue weighted by Gasteiger charge is 2.16. The van der Waals surface area contributed by atoms with Gasteiger partial charge in [0.05, 0.1) is 22.5 Å². The maximum Gasteiger partial charge on any atom is 0.335 e. The molecule has 0 spiro atoms. The Labute approximate surface area is 134 Å². The van der Waals surface area contributed by atoms with Gasteiger partial charge in [-0.3, -0.25) is 0 Å². The summed E-state index contributed by atoms with van der Waals surface area (Å²) in [6, 6.07) is 7.39. The molecular weight excluding hydrogens is 316 g/mol. The summed E-state index contributed by atoms with van der Waals surface area (Å²) in [5, 5.41) is 18.2. The second-order valence-electron chi connectivity index (χ2n) is 4.48. The molecule has 0 saturated carbocycles. The van der Waals surface area contributed by atoms with Crippen LogP contribution >= 0.6 is 0 Å². The number of aliphatic imine (C=N–C) groups is 2. The molecule has 0 unspecified atom stereocenters. The lowest BCUT2D eigenvalue weighted by Crippen LogP contribution is -1.98. The quantitative estimate of drug-likeness (QED) is 0.641. The molecule has 0 aliphatic rings. The summed E-state index contributed by atoms with van der Waals surface area (Å²) < 4.78 is 0. The summed E-state index contributed by atoms with van der Waals surface area (Å²) in [6.07, 6.45) is 2.67. The molecule has 118 valence electrons. The Morgan fingerprint density at radius 1 is 0.750 bits per heavy atom. The fourth-order valence-corrected chi connectivity index (χ4v) is 2.06. The van der Waals surface area contributed by atoms with Gasteiger partial charge in [0, 0.05) is 11.1 Å². The van der Waals surface area contributed by atoms with Gasteiger partial charge in [0.25, 0.3) is 0 Å². The summed E-state index contributed by atoms with van der Waals surface area (Å²) in [6.45, 7) is 0. The topological polar surface area (TPSA) is 133 Å². The number of benzene rings is 2. The molecule has 0 atom stereocenters. The molecule has 2 aromatic carbocycles. The second kappa shape index (κ2) is 6.93. The van der Waals surface area contributed by atoms with E-state index in [4.69, 9.17) is 10.2 Å². The Kier molecular flexibility index (Phi) is 4.77. The number of rotatable bonds is 5. The maximum absolute atomic E-state index is 11.2. The lowest BCUT2D eigenvalue weighted by molar-refractivity contribution is 0.0686. The van der Waals surface area contributed by atoms with Gasteiger partial charge >= 0.3 is 11.9 Å². The third-order valence-corrected chi connectivity index (χ3v) is 3.11. The molecule has 2 rings (SSSR count). The van der Waals surface area contributed by atoms with Crippen molar-refractivity contribution in [2.45, 2.75) is 0 Å². The van der Waals surface area contributed by atoms with Crippen LogP contribution in [0.15, 0.2) is 46.4 Å². The molecule has 2 aromatic rings. The third-order valence-electron chi connectivity index (χ3n) is 3.11. The van der Waals surface area contributed by atoms with Gasteiger partial charge in [-0.2, -0.15) is 9.98 Å². The lowest BCUT2D eigenvalue weighted by Gasteiger charge is -2.10. The van der Waals surface area contributed by atoms with E-state index >= 15 is 0 Å². The number of carboxylic acid groups (broad SMARTS) is 2. The van der Waals surface area contributed by atoms with Gasteiger partial charge in [0.2, 0.25) is 12.2 Å². The molecular formula is C16H8N2O6. The predicted molar refractivity (Wildman–Crippen MR) is 81.4 cm³/mol. The number of nitrogens with zero attached hydrogens (tertiary/aromatic N) is 2. The highest BCUT2D eigenvalue weighted by molar-refractivity contribution is 5.96. The van der Waals surface area contributed by atoms with E-state index in [0.29, 0.717) is 0 Å². The van der Waals surface area contributed by atoms with Crippen LogP contribution < -0.4 is 0 Å². The van der Waals surface area contributed by atoms with Gasteiger partial charge in [-0.15, -0.1) is 0 Å². The van der Waals surface area contributed by atoms with Crippen molar-refractivity contribution in [1.29, 1.82) is 0 Å². The molecule has 24 heavy (non-hydrogen) atoms. The largest absolute Gasteiger partial charge is 0.478 e. The Balaban J connectivity index is 2.86. The number of carbonyl (C=O) groups excluding carboxylic acids is 2. The monoisotopic (exact) mass is 324 g/mol. The van der Waals surface area contributed by atoms with E-state index in [9.17, 15) is 19.2 Å². The molecule has 8 nitrogen and oxygen atoms in total. The molecule has 8 heteroatoms. The van der Waals surface area contributed by atoms with Gasteiger partial charge in [-0.05, 0) is 36.4 Å². The molecule has 0 aliphatic heterocycles.